The first-order chi connectivity index (χ1) is 9.29. The summed E-state index contributed by atoms with van der Waals surface area (Å²) in [5, 5.41) is 0.158. The molecule has 1 aromatic carbocycles. The van der Waals surface area contributed by atoms with Crippen molar-refractivity contribution in [2.24, 2.45) is 0 Å². The Morgan fingerprint density at radius 2 is 2.00 bits per heavy atom. The van der Waals surface area contributed by atoms with Crippen molar-refractivity contribution in [2.75, 3.05) is 5.73 Å². The maximum atomic E-state index is 12.2. The van der Waals surface area contributed by atoms with Crippen molar-refractivity contribution in [1.82, 2.24) is 4.72 Å². The highest BCUT2D eigenvalue weighted by atomic mass is 35.5. The summed E-state index contributed by atoms with van der Waals surface area (Å²) in [6.07, 6.45) is 0. The van der Waals surface area contributed by atoms with E-state index in [-0.39, 0.29) is 16.5 Å². The lowest BCUT2D eigenvalue weighted by atomic mass is 10.3. The predicted molar refractivity (Wildman–Crippen MR) is 83.7 cm³/mol. The van der Waals surface area contributed by atoms with Gasteiger partial charge in [-0.15, -0.1) is 11.3 Å². The van der Waals surface area contributed by atoms with Crippen LogP contribution in [0.2, 0.25) is 5.02 Å². The molecule has 0 radical (unpaired) electrons. The Hall–Kier alpha value is -1.08. The van der Waals surface area contributed by atoms with Gasteiger partial charge in [0, 0.05) is 22.0 Å². The van der Waals surface area contributed by atoms with Crippen molar-refractivity contribution in [2.45, 2.75) is 25.3 Å². The molecule has 4 nitrogen and oxygen atoms in total. The first-order valence-corrected chi connectivity index (χ1v) is 8.58. The van der Waals surface area contributed by atoms with Crippen molar-refractivity contribution in [3.8, 4) is 0 Å². The number of nitrogens with two attached hydrogens (primary N) is 1. The SMILES string of the molecule is Cc1cc(CNS(=O)(=O)c2cc(N)ccc2Cl)sc1C. The molecule has 1 aromatic heterocycles. The number of sulfonamides is 1. The van der Waals surface area contributed by atoms with Crippen molar-refractivity contribution >= 4 is 38.6 Å². The van der Waals surface area contributed by atoms with Gasteiger partial charge in [0.2, 0.25) is 10.0 Å². The number of hydrogen-bond donors (Lipinski definition) is 2. The summed E-state index contributed by atoms with van der Waals surface area (Å²) in [4.78, 5) is 2.15. The Morgan fingerprint density at radius 3 is 2.60 bits per heavy atom. The Labute approximate surface area is 127 Å². The Bertz CT molecular complexity index is 719. The zero-order valence-corrected chi connectivity index (χ0v) is 13.5. The van der Waals surface area contributed by atoms with Crippen LogP contribution in [-0.4, -0.2) is 8.42 Å². The number of aryl methyl sites for hydroxylation is 2. The molecule has 0 bridgehead atoms. The van der Waals surface area contributed by atoms with E-state index in [9.17, 15) is 8.42 Å². The van der Waals surface area contributed by atoms with E-state index < -0.39 is 10.0 Å². The third kappa shape index (κ3) is 3.32. The standard InChI is InChI=1S/C13H15ClN2O2S2/c1-8-5-11(19-9(8)2)7-16-20(17,18)13-6-10(15)3-4-12(13)14/h3-6,16H,7,15H2,1-2H3. The maximum Gasteiger partial charge on any atom is 0.242 e. The lowest BCUT2D eigenvalue weighted by molar-refractivity contribution is 0.582. The molecule has 108 valence electrons. The van der Waals surface area contributed by atoms with E-state index in [1.54, 1.807) is 17.4 Å². The van der Waals surface area contributed by atoms with Gasteiger partial charge in [0.05, 0.1) is 5.02 Å². The predicted octanol–water partition coefficient (Wildman–Crippen LogP) is 3.08. The van der Waals surface area contributed by atoms with Gasteiger partial charge in [0.25, 0.3) is 0 Å². The molecule has 0 unspecified atom stereocenters. The second-order valence-electron chi connectivity index (χ2n) is 4.47. The summed E-state index contributed by atoms with van der Waals surface area (Å²) in [6.45, 7) is 4.25. The molecular formula is C13H15ClN2O2S2. The van der Waals surface area contributed by atoms with Crippen molar-refractivity contribution in [3.63, 3.8) is 0 Å². The van der Waals surface area contributed by atoms with Crippen LogP contribution in [-0.2, 0) is 16.6 Å². The molecule has 0 atom stereocenters. The number of benzene rings is 1. The number of hydrogen-bond acceptors (Lipinski definition) is 4. The molecule has 0 amide bonds. The van der Waals surface area contributed by atoms with E-state index >= 15 is 0 Å². The van der Waals surface area contributed by atoms with E-state index in [0.717, 1.165) is 10.4 Å². The van der Waals surface area contributed by atoms with Crippen LogP contribution in [0.5, 0.6) is 0 Å². The van der Waals surface area contributed by atoms with Crippen molar-refractivity contribution in [3.05, 3.63) is 44.6 Å². The van der Waals surface area contributed by atoms with Gasteiger partial charge in [-0.3, -0.25) is 0 Å². The Kier molecular flexibility index (Phi) is 4.39. The zero-order chi connectivity index (χ0) is 14.9. The van der Waals surface area contributed by atoms with Crippen LogP contribution in [0, 0.1) is 13.8 Å². The second-order valence-corrected chi connectivity index (χ2v) is 7.95. The third-order valence-electron chi connectivity index (χ3n) is 2.90. The number of rotatable bonds is 4. The van der Waals surface area contributed by atoms with Gasteiger partial charge in [-0.1, -0.05) is 11.6 Å². The average molecular weight is 331 g/mol. The molecule has 7 heteroatoms. The number of thiophene rings is 1. The lowest BCUT2D eigenvalue weighted by Gasteiger charge is -2.08. The lowest BCUT2D eigenvalue weighted by Crippen LogP contribution is -2.23. The summed E-state index contributed by atoms with van der Waals surface area (Å²) in [6, 6.07) is 6.37. The molecule has 3 N–H and O–H groups in total. The van der Waals surface area contributed by atoms with Gasteiger partial charge in [-0.2, -0.15) is 0 Å². The molecule has 0 saturated heterocycles. The van der Waals surface area contributed by atoms with Crippen LogP contribution in [0.25, 0.3) is 0 Å². The van der Waals surface area contributed by atoms with Gasteiger partial charge in [-0.25, -0.2) is 13.1 Å². The van der Waals surface area contributed by atoms with Crippen LogP contribution in [0.4, 0.5) is 5.69 Å². The van der Waals surface area contributed by atoms with E-state index in [4.69, 9.17) is 17.3 Å². The highest BCUT2D eigenvalue weighted by Crippen LogP contribution is 2.25. The topological polar surface area (TPSA) is 72.2 Å². The molecule has 2 aromatic rings. The van der Waals surface area contributed by atoms with Gasteiger partial charge in [0.15, 0.2) is 0 Å². The van der Waals surface area contributed by atoms with E-state index in [0.29, 0.717) is 5.69 Å². The molecule has 0 aliphatic heterocycles. The first-order valence-electron chi connectivity index (χ1n) is 5.90. The molecule has 0 aliphatic rings. The number of nitrogen functional groups attached to an aromatic ring is 1. The highest BCUT2D eigenvalue weighted by Gasteiger charge is 2.18. The fourth-order valence-electron chi connectivity index (χ4n) is 1.71. The summed E-state index contributed by atoms with van der Waals surface area (Å²) in [7, 11) is -3.67. The maximum absolute atomic E-state index is 12.2. The van der Waals surface area contributed by atoms with E-state index in [2.05, 4.69) is 4.72 Å². The first kappa shape index (κ1) is 15.3. The zero-order valence-electron chi connectivity index (χ0n) is 11.1. The van der Waals surface area contributed by atoms with Crippen molar-refractivity contribution in [1.29, 1.82) is 0 Å². The van der Waals surface area contributed by atoms with Crippen LogP contribution < -0.4 is 10.5 Å². The summed E-state index contributed by atoms with van der Waals surface area (Å²) in [5.41, 5.74) is 7.12. The normalized spacial score (nSPS) is 11.8. The minimum Gasteiger partial charge on any atom is -0.399 e. The Balaban J connectivity index is 2.21. The van der Waals surface area contributed by atoms with Crippen LogP contribution >= 0.6 is 22.9 Å². The van der Waals surface area contributed by atoms with Crippen LogP contribution in [0.15, 0.2) is 29.2 Å². The largest absolute Gasteiger partial charge is 0.399 e. The third-order valence-corrected chi connectivity index (χ3v) is 5.93. The van der Waals surface area contributed by atoms with Gasteiger partial charge < -0.3 is 5.73 Å². The highest BCUT2D eigenvalue weighted by molar-refractivity contribution is 7.89. The summed E-state index contributed by atoms with van der Waals surface area (Å²) in [5.74, 6) is 0. The number of nitrogens with one attached hydrogen (secondary N) is 1. The minimum atomic E-state index is -3.67. The van der Waals surface area contributed by atoms with Crippen LogP contribution in [0.3, 0.4) is 0 Å². The number of anilines is 1. The number of halogens is 1. The molecular weight excluding hydrogens is 316 g/mol. The fraction of sp³-hybridized carbons (Fsp3) is 0.231. The molecule has 0 fully saturated rings. The minimum absolute atomic E-state index is 0.00386. The van der Waals surface area contributed by atoms with Gasteiger partial charge >= 0.3 is 0 Å². The average Bonchev–Trinajstić information content (AvgIpc) is 2.69. The van der Waals surface area contributed by atoms with Gasteiger partial charge in [0.1, 0.15) is 4.90 Å². The Morgan fingerprint density at radius 1 is 1.30 bits per heavy atom. The molecule has 1 heterocycles. The summed E-state index contributed by atoms with van der Waals surface area (Å²) >= 11 is 7.49. The van der Waals surface area contributed by atoms with E-state index in [1.165, 1.54) is 17.0 Å². The second kappa shape index (κ2) is 5.73. The molecule has 0 aliphatic carbocycles. The molecule has 20 heavy (non-hydrogen) atoms. The molecule has 0 spiro atoms. The quantitative estimate of drug-likeness (QED) is 0.846. The smallest absolute Gasteiger partial charge is 0.242 e. The van der Waals surface area contributed by atoms with E-state index in [1.807, 2.05) is 19.9 Å². The molecule has 0 saturated carbocycles. The van der Waals surface area contributed by atoms with Gasteiger partial charge in [-0.05, 0) is 43.7 Å². The fourth-order valence-corrected chi connectivity index (χ4v) is 4.33. The molecule has 2 rings (SSSR count). The summed E-state index contributed by atoms with van der Waals surface area (Å²) < 4.78 is 27.0. The monoisotopic (exact) mass is 330 g/mol. The van der Waals surface area contributed by atoms with Crippen LogP contribution in [0.1, 0.15) is 15.3 Å². The van der Waals surface area contributed by atoms with Crippen molar-refractivity contribution < 1.29 is 8.42 Å².